The summed E-state index contributed by atoms with van der Waals surface area (Å²) < 4.78 is 0. The van der Waals surface area contributed by atoms with Crippen LogP contribution in [0.3, 0.4) is 0 Å². The number of carbonyl (C=O) groups is 3. The molecule has 0 aliphatic carbocycles. The zero-order chi connectivity index (χ0) is 17.8. The van der Waals surface area contributed by atoms with Crippen LogP contribution in [0.25, 0.3) is 0 Å². The molecule has 6 nitrogen and oxygen atoms in total. The largest absolute Gasteiger partial charge is 0.478 e. The first-order valence-electron chi connectivity index (χ1n) is 8.96. The molecule has 0 aromatic heterocycles. The van der Waals surface area contributed by atoms with Gasteiger partial charge in [0.2, 0.25) is 11.8 Å². The molecule has 0 atom stereocenters. The Morgan fingerprint density at radius 3 is 2.64 bits per heavy atom. The quantitative estimate of drug-likeness (QED) is 0.910. The monoisotopic (exact) mass is 344 g/mol. The summed E-state index contributed by atoms with van der Waals surface area (Å²) in [6.45, 7) is 1.61. The van der Waals surface area contributed by atoms with E-state index < -0.39 is 5.97 Å². The SMILES string of the molecule is O=C(O)c1cccc2c1CN(C(=O)CN1CCCCCCC1=O)CC2. The van der Waals surface area contributed by atoms with Crippen LogP contribution in [0.15, 0.2) is 18.2 Å². The van der Waals surface area contributed by atoms with Crippen LogP contribution in [0.2, 0.25) is 0 Å². The van der Waals surface area contributed by atoms with Gasteiger partial charge in [-0.05, 0) is 36.5 Å². The summed E-state index contributed by atoms with van der Waals surface area (Å²) in [6.07, 6.45) is 5.16. The van der Waals surface area contributed by atoms with Crippen LogP contribution in [0.4, 0.5) is 0 Å². The van der Waals surface area contributed by atoms with Crippen LogP contribution in [-0.4, -0.2) is 52.3 Å². The van der Waals surface area contributed by atoms with Crippen molar-refractivity contribution in [1.29, 1.82) is 0 Å². The fraction of sp³-hybridized carbons (Fsp3) is 0.526. The van der Waals surface area contributed by atoms with E-state index in [1.807, 2.05) is 6.07 Å². The van der Waals surface area contributed by atoms with Crippen molar-refractivity contribution in [1.82, 2.24) is 9.80 Å². The van der Waals surface area contributed by atoms with Crippen molar-refractivity contribution in [2.75, 3.05) is 19.6 Å². The van der Waals surface area contributed by atoms with E-state index in [9.17, 15) is 19.5 Å². The van der Waals surface area contributed by atoms with E-state index in [0.717, 1.165) is 31.2 Å². The van der Waals surface area contributed by atoms with E-state index in [-0.39, 0.29) is 23.9 Å². The highest BCUT2D eigenvalue weighted by Crippen LogP contribution is 2.23. The summed E-state index contributed by atoms with van der Waals surface area (Å²) in [7, 11) is 0. The Balaban J connectivity index is 1.69. The van der Waals surface area contributed by atoms with E-state index >= 15 is 0 Å². The molecule has 0 bridgehead atoms. The number of amides is 2. The van der Waals surface area contributed by atoms with E-state index in [2.05, 4.69) is 0 Å². The van der Waals surface area contributed by atoms with Gasteiger partial charge in [0.25, 0.3) is 0 Å². The van der Waals surface area contributed by atoms with E-state index in [1.165, 1.54) is 0 Å². The number of benzene rings is 1. The van der Waals surface area contributed by atoms with Gasteiger partial charge in [-0.3, -0.25) is 9.59 Å². The van der Waals surface area contributed by atoms with Crippen molar-refractivity contribution in [3.8, 4) is 0 Å². The summed E-state index contributed by atoms with van der Waals surface area (Å²) in [6, 6.07) is 5.25. The van der Waals surface area contributed by atoms with Gasteiger partial charge in [-0.1, -0.05) is 25.0 Å². The number of carbonyl (C=O) groups excluding carboxylic acids is 2. The van der Waals surface area contributed by atoms with Gasteiger partial charge in [-0.25, -0.2) is 4.79 Å². The Morgan fingerprint density at radius 1 is 1.04 bits per heavy atom. The van der Waals surface area contributed by atoms with Crippen LogP contribution < -0.4 is 0 Å². The first-order chi connectivity index (χ1) is 12.1. The number of aromatic carboxylic acids is 1. The van der Waals surface area contributed by atoms with Gasteiger partial charge in [-0.15, -0.1) is 0 Å². The second-order valence-electron chi connectivity index (χ2n) is 6.79. The van der Waals surface area contributed by atoms with Crippen LogP contribution in [-0.2, 0) is 22.6 Å². The Labute approximate surface area is 147 Å². The highest BCUT2D eigenvalue weighted by atomic mass is 16.4. The Hall–Kier alpha value is -2.37. The molecule has 2 amide bonds. The average molecular weight is 344 g/mol. The second-order valence-corrected chi connectivity index (χ2v) is 6.79. The molecule has 1 saturated heterocycles. The molecule has 0 saturated carbocycles. The molecule has 0 spiro atoms. The van der Waals surface area contributed by atoms with E-state index in [0.29, 0.717) is 38.0 Å². The number of carboxylic acids is 1. The lowest BCUT2D eigenvalue weighted by Crippen LogP contribution is -2.45. The normalized spacial score (nSPS) is 18.3. The predicted molar refractivity (Wildman–Crippen MR) is 92.2 cm³/mol. The van der Waals surface area contributed by atoms with Gasteiger partial charge >= 0.3 is 5.97 Å². The van der Waals surface area contributed by atoms with Crippen LogP contribution >= 0.6 is 0 Å². The predicted octanol–water partition coefficient (Wildman–Crippen LogP) is 2.06. The third-order valence-electron chi connectivity index (χ3n) is 5.10. The summed E-state index contributed by atoms with van der Waals surface area (Å²) in [4.78, 5) is 39.7. The van der Waals surface area contributed by atoms with Gasteiger partial charge in [0, 0.05) is 26.1 Å². The minimum Gasteiger partial charge on any atom is -0.478 e. The van der Waals surface area contributed by atoms with Crippen molar-refractivity contribution < 1.29 is 19.5 Å². The van der Waals surface area contributed by atoms with Crippen molar-refractivity contribution in [2.45, 2.75) is 45.1 Å². The molecule has 134 valence electrons. The molecule has 2 aliphatic rings. The summed E-state index contributed by atoms with van der Waals surface area (Å²) in [5.41, 5.74) is 1.97. The minimum absolute atomic E-state index is 0.0525. The number of hydrogen-bond acceptors (Lipinski definition) is 3. The highest BCUT2D eigenvalue weighted by molar-refractivity contribution is 5.90. The molecule has 25 heavy (non-hydrogen) atoms. The Bertz CT molecular complexity index is 686. The zero-order valence-corrected chi connectivity index (χ0v) is 14.4. The first-order valence-corrected chi connectivity index (χ1v) is 8.96. The molecule has 6 heteroatoms. The number of hydrogen-bond donors (Lipinski definition) is 1. The summed E-state index contributed by atoms with van der Waals surface area (Å²) in [5, 5.41) is 9.36. The summed E-state index contributed by atoms with van der Waals surface area (Å²) in [5.74, 6) is -1.01. The van der Waals surface area contributed by atoms with Crippen molar-refractivity contribution in [3.63, 3.8) is 0 Å². The zero-order valence-electron chi connectivity index (χ0n) is 14.4. The average Bonchev–Trinajstić information content (AvgIpc) is 2.60. The number of likely N-dealkylation sites (tertiary alicyclic amines) is 1. The molecule has 2 aliphatic heterocycles. The maximum Gasteiger partial charge on any atom is 0.336 e. The van der Waals surface area contributed by atoms with Gasteiger partial charge < -0.3 is 14.9 Å². The first kappa shape index (κ1) is 17.5. The molecule has 1 aromatic rings. The molecule has 3 rings (SSSR count). The molecule has 1 N–H and O–H groups in total. The van der Waals surface area contributed by atoms with Crippen molar-refractivity contribution >= 4 is 17.8 Å². The molecule has 1 fully saturated rings. The van der Waals surface area contributed by atoms with Crippen molar-refractivity contribution in [2.24, 2.45) is 0 Å². The second kappa shape index (κ2) is 7.68. The topological polar surface area (TPSA) is 77.9 Å². The number of nitrogens with zero attached hydrogens (tertiary/aromatic N) is 2. The smallest absolute Gasteiger partial charge is 0.336 e. The molecule has 1 aromatic carbocycles. The molecule has 0 radical (unpaired) electrons. The van der Waals surface area contributed by atoms with Crippen LogP contribution in [0.5, 0.6) is 0 Å². The van der Waals surface area contributed by atoms with Crippen LogP contribution in [0.1, 0.15) is 53.6 Å². The van der Waals surface area contributed by atoms with Gasteiger partial charge in [0.05, 0.1) is 12.1 Å². The third-order valence-corrected chi connectivity index (χ3v) is 5.10. The van der Waals surface area contributed by atoms with Gasteiger partial charge in [0.15, 0.2) is 0 Å². The lowest BCUT2D eigenvalue weighted by Gasteiger charge is -2.32. The number of rotatable bonds is 3. The summed E-state index contributed by atoms with van der Waals surface area (Å²) >= 11 is 0. The lowest BCUT2D eigenvalue weighted by atomic mass is 9.95. The maximum atomic E-state index is 12.7. The third kappa shape index (κ3) is 4.00. The molecule has 0 unspecified atom stereocenters. The number of carboxylic acid groups (broad SMARTS) is 1. The minimum atomic E-state index is -0.968. The van der Waals surface area contributed by atoms with Crippen molar-refractivity contribution in [3.05, 3.63) is 34.9 Å². The maximum absolute atomic E-state index is 12.7. The molecule has 2 heterocycles. The fourth-order valence-corrected chi connectivity index (χ4v) is 3.64. The molecular formula is C19H24N2O4. The van der Waals surface area contributed by atoms with Crippen LogP contribution in [0, 0.1) is 0 Å². The van der Waals surface area contributed by atoms with E-state index in [1.54, 1.807) is 21.9 Å². The highest BCUT2D eigenvalue weighted by Gasteiger charge is 2.27. The molecular weight excluding hydrogens is 320 g/mol. The van der Waals surface area contributed by atoms with E-state index in [4.69, 9.17) is 0 Å². The Morgan fingerprint density at radius 2 is 1.84 bits per heavy atom. The van der Waals surface area contributed by atoms with Gasteiger partial charge in [0.1, 0.15) is 0 Å². The Kier molecular flexibility index (Phi) is 5.36. The van der Waals surface area contributed by atoms with Gasteiger partial charge in [-0.2, -0.15) is 0 Å². The fourth-order valence-electron chi connectivity index (χ4n) is 3.64. The standard InChI is InChI=1S/C19H24N2O4/c22-17-8-3-1-2-4-10-20(17)13-18(23)21-11-9-14-6-5-7-15(19(24)25)16(14)12-21/h5-7H,1-4,8-13H2,(H,24,25). The lowest BCUT2D eigenvalue weighted by molar-refractivity contribution is -0.141. The number of fused-ring (bicyclic) bond motifs is 1.